The lowest BCUT2D eigenvalue weighted by Crippen LogP contribution is -2.40. The standard InChI is InChI=1S/C20H19FN4O4/c1-13-16(19(24-29-13)17-4-3-15(21)11-22-17)12-28-18-5-2-14(10-23-18)20(26)25-6-8-27-9-7-25/h2-5,10-11H,6-9,12H2,1H3. The van der Waals surface area contributed by atoms with E-state index in [-0.39, 0.29) is 12.5 Å². The fourth-order valence-electron chi connectivity index (χ4n) is 2.97. The van der Waals surface area contributed by atoms with Crippen molar-refractivity contribution in [3.05, 3.63) is 59.4 Å². The Labute approximate surface area is 166 Å². The Hall–Kier alpha value is -3.33. The van der Waals surface area contributed by atoms with Crippen molar-refractivity contribution < 1.29 is 23.2 Å². The summed E-state index contributed by atoms with van der Waals surface area (Å²) in [6, 6.07) is 6.17. The molecule has 4 heterocycles. The lowest BCUT2D eigenvalue weighted by molar-refractivity contribution is 0.0302. The Morgan fingerprint density at radius 2 is 2.00 bits per heavy atom. The topological polar surface area (TPSA) is 90.6 Å². The highest BCUT2D eigenvalue weighted by atomic mass is 19.1. The summed E-state index contributed by atoms with van der Waals surface area (Å²) in [6.07, 6.45) is 2.62. The van der Waals surface area contributed by atoms with Gasteiger partial charge in [-0.2, -0.15) is 0 Å². The van der Waals surface area contributed by atoms with E-state index in [0.717, 1.165) is 6.20 Å². The summed E-state index contributed by atoms with van der Waals surface area (Å²) in [6.45, 7) is 4.14. The number of nitrogens with zero attached hydrogens (tertiary/aromatic N) is 4. The van der Waals surface area contributed by atoms with E-state index in [1.54, 1.807) is 24.0 Å². The van der Waals surface area contributed by atoms with E-state index in [2.05, 4.69) is 15.1 Å². The number of amides is 1. The molecule has 8 nitrogen and oxygen atoms in total. The smallest absolute Gasteiger partial charge is 0.255 e. The van der Waals surface area contributed by atoms with E-state index in [1.807, 2.05) is 0 Å². The summed E-state index contributed by atoms with van der Waals surface area (Å²) in [5.41, 5.74) is 2.17. The molecule has 1 aliphatic heterocycles. The minimum Gasteiger partial charge on any atom is -0.473 e. The number of morpholine rings is 1. The number of hydrogen-bond acceptors (Lipinski definition) is 7. The zero-order valence-corrected chi connectivity index (χ0v) is 15.8. The van der Waals surface area contributed by atoms with Crippen LogP contribution in [-0.2, 0) is 11.3 Å². The lowest BCUT2D eigenvalue weighted by atomic mass is 10.1. The van der Waals surface area contributed by atoms with E-state index < -0.39 is 5.82 Å². The molecular formula is C20H19FN4O4. The lowest BCUT2D eigenvalue weighted by Gasteiger charge is -2.26. The van der Waals surface area contributed by atoms with Gasteiger partial charge in [0.15, 0.2) is 0 Å². The van der Waals surface area contributed by atoms with Crippen LogP contribution >= 0.6 is 0 Å². The predicted molar refractivity (Wildman–Crippen MR) is 99.7 cm³/mol. The Balaban J connectivity index is 1.44. The number of carbonyl (C=O) groups is 1. The molecule has 3 aromatic heterocycles. The molecule has 1 amide bonds. The van der Waals surface area contributed by atoms with Crippen molar-refractivity contribution in [2.75, 3.05) is 26.3 Å². The average molecular weight is 398 g/mol. The molecule has 0 bridgehead atoms. The second-order valence-corrected chi connectivity index (χ2v) is 6.51. The molecule has 0 atom stereocenters. The first kappa shape index (κ1) is 19.0. The zero-order chi connectivity index (χ0) is 20.2. The van der Waals surface area contributed by atoms with Crippen LogP contribution in [0.5, 0.6) is 5.88 Å². The molecule has 0 spiro atoms. The van der Waals surface area contributed by atoms with Crippen molar-refractivity contribution in [2.24, 2.45) is 0 Å². The molecular weight excluding hydrogens is 379 g/mol. The largest absolute Gasteiger partial charge is 0.473 e. The average Bonchev–Trinajstić information content (AvgIpc) is 3.13. The molecule has 29 heavy (non-hydrogen) atoms. The van der Waals surface area contributed by atoms with Crippen LogP contribution in [0.15, 0.2) is 41.2 Å². The van der Waals surface area contributed by atoms with E-state index in [1.165, 1.54) is 18.3 Å². The molecule has 0 saturated carbocycles. The van der Waals surface area contributed by atoms with Gasteiger partial charge in [0.2, 0.25) is 5.88 Å². The summed E-state index contributed by atoms with van der Waals surface area (Å²) < 4.78 is 29.4. The number of halogens is 1. The number of ether oxygens (including phenoxy) is 2. The third-order valence-corrected chi connectivity index (χ3v) is 4.60. The van der Waals surface area contributed by atoms with Gasteiger partial charge in [-0.1, -0.05) is 5.16 Å². The number of aryl methyl sites for hydroxylation is 1. The van der Waals surface area contributed by atoms with Crippen molar-refractivity contribution in [3.63, 3.8) is 0 Å². The SMILES string of the molecule is Cc1onc(-c2ccc(F)cn2)c1COc1ccc(C(=O)N2CCOCC2)cn1. The van der Waals surface area contributed by atoms with Gasteiger partial charge in [0, 0.05) is 25.4 Å². The molecule has 0 aromatic carbocycles. The highest BCUT2D eigenvalue weighted by molar-refractivity contribution is 5.94. The monoisotopic (exact) mass is 398 g/mol. The fourth-order valence-corrected chi connectivity index (χ4v) is 2.97. The molecule has 1 fully saturated rings. The Kier molecular flexibility index (Phi) is 5.48. The third kappa shape index (κ3) is 4.24. The van der Waals surface area contributed by atoms with Crippen molar-refractivity contribution >= 4 is 5.91 Å². The Bertz CT molecular complexity index is 983. The predicted octanol–water partition coefficient (Wildman–Crippen LogP) is 2.63. The maximum Gasteiger partial charge on any atom is 0.255 e. The maximum absolute atomic E-state index is 13.1. The van der Waals surface area contributed by atoms with Gasteiger partial charge >= 0.3 is 0 Å². The summed E-state index contributed by atoms with van der Waals surface area (Å²) in [7, 11) is 0. The number of pyridine rings is 2. The van der Waals surface area contributed by atoms with Gasteiger partial charge in [-0.15, -0.1) is 0 Å². The first-order valence-electron chi connectivity index (χ1n) is 9.15. The number of hydrogen-bond donors (Lipinski definition) is 0. The van der Waals surface area contributed by atoms with Gasteiger partial charge in [0.1, 0.15) is 23.9 Å². The summed E-state index contributed by atoms with van der Waals surface area (Å²) in [5.74, 6) is 0.432. The molecule has 4 rings (SSSR count). The van der Waals surface area contributed by atoms with Gasteiger partial charge in [0.25, 0.3) is 5.91 Å². The summed E-state index contributed by atoms with van der Waals surface area (Å²) in [5, 5.41) is 4.00. The highest BCUT2D eigenvalue weighted by Crippen LogP contribution is 2.25. The van der Waals surface area contributed by atoms with Crippen LogP contribution in [0, 0.1) is 12.7 Å². The van der Waals surface area contributed by atoms with Crippen LogP contribution in [0.4, 0.5) is 4.39 Å². The quantitative estimate of drug-likeness (QED) is 0.652. The van der Waals surface area contributed by atoms with E-state index in [0.29, 0.717) is 60.5 Å². The van der Waals surface area contributed by atoms with Crippen molar-refractivity contribution in [1.29, 1.82) is 0 Å². The molecule has 3 aromatic rings. The van der Waals surface area contributed by atoms with Crippen LogP contribution in [0.3, 0.4) is 0 Å². The molecule has 150 valence electrons. The minimum absolute atomic E-state index is 0.0769. The first-order chi connectivity index (χ1) is 14.1. The number of rotatable bonds is 5. The molecule has 1 saturated heterocycles. The molecule has 0 unspecified atom stereocenters. The van der Waals surface area contributed by atoms with Gasteiger partial charge in [-0.25, -0.2) is 9.37 Å². The first-order valence-corrected chi connectivity index (χ1v) is 9.15. The highest BCUT2D eigenvalue weighted by Gasteiger charge is 2.20. The van der Waals surface area contributed by atoms with Crippen LogP contribution in [-0.4, -0.2) is 52.2 Å². The summed E-state index contributed by atoms with van der Waals surface area (Å²) in [4.78, 5) is 22.5. The molecule has 0 aliphatic carbocycles. The van der Waals surface area contributed by atoms with Crippen LogP contribution in [0.1, 0.15) is 21.7 Å². The Morgan fingerprint density at radius 3 is 2.69 bits per heavy atom. The van der Waals surface area contributed by atoms with E-state index in [4.69, 9.17) is 14.0 Å². The van der Waals surface area contributed by atoms with Crippen LogP contribution in [0.25, 0.3) is 11.4 Å². The second kappa shape index (κ2) is 8.36. The van der Waals surface area contributed by atoms with Crippen LogP contribution in [0.2, 0.25) is 0 Å². The molecule has 9 heteroatoms. The fraction of sp³-hybridized carbons (Fsp3) is 0.300. The number of aromatic nitrogens is 3. The Morgan fingerprint density at radius 1 is 1.17 bits per heavy atom. The van der Waals surface area contributed by atoms with Crippen LogP contribution < -0.4 is 4.74 Å². The second-order valence-electron chi connectivity index (χ2n) is 6.51. The maximum atomic E-state index is 13.1. The van der Waals surface area contributed by atoms with Gasteiger partial charge in [-0.05, 0) is 25.1 Å². The number of carbonyl (C=O) groups excluding carboxylic acids is 1. The summed E-state index contributed by atoms with van der Waals surface area (Å²) >= 11 is 0. The zero-order valence-electron chi connectivity index (χ0n) is 15.8. The normalized spacial score (nSPS) is 14.1. The molecule has 0 N–H and O–H groups in total. The molecule has 1 aliphatic rings. The minimum atomic E-state index is -0.428. The molecule has 0 radical (unpaired) electrons. The van der Waals surface area contributed by atoms with Crippen molar-refractivity contribution in [2.45, 2.75) is 13.5 Å². The van der Waals surface area contributed by atoms with Gasteiger partial charge in [-0.3, -0.25) is 9.78 Å². The van der Waals surface area contributed by atoms with Crippen molar-refractivity contribution in [1.82, 2.24) is 20.0 Å². The van der Waals surface area contributed by atoms with E-state index in [9.17, 15) is 9.18 Å². The van der Waals surface area contributed by atoms with E-state index >= 15 is 0 Å². The van der Waals surface area contributed by atoms with Gasteiger partial charge in [0.05, 0.1) is 36.2 Å². The third-order valence-electron chi connectivity index (χ3n) is 4.60. The van der Waals surface area contributed by atoms with Gasteiger partial charge < -0.3 is 18.9 Å². The van der Waals surface area contributed by atoms with Crippen molar-refractivity contribution in [3.8, 4) is 17.3 Å².